The molecule has 0 spiro atoms. The molecule has 0 unspecified atom stereocenters. The molecule has 7 heteroatoms. The largest absolute Gasteiger partial charge is 0.462 e. The lowest BCUT2D eigenvalue weighted by Crippen LogP contribution is -2.34. The Bertz CT molecular complexity index is 1460. The lowest BCUT2D eigenvalue weighted by molar-refractivity contribution is 0.0778. The fourth-order valence-electron chi connectivity index (χ4n) is 4.23. The summed E-state index contributed by atoms with van der Waals surface area (Å²) in [6, 6.07) is 17.6. The average Bonchev–Trinajstić information content (AvgIpc) is 3.64. The molecule has 0 saturated carbocycles. The Hall–Kier alpha value is -3.97. The number of rotatable bonds is 4. The van der Waals surface area contributed by atoms with Gasteiger partial charge in [-0.1, -0.05) is 36.4 Å². The molecule has 6 rings (SSSR count). The van der Waals surface area contributed by atoms with Gasteiger partial charge in [0.2, 0.25) is 0 Å². The predicted molar refractivity (Wildman–Crippen MR) is 130 cm³/mol. The van der Waals surface area contributed by atoms with E-state index in [1.165, 1.54) is 16.9 Å². The lowest BCUT2D eigenvalue weighted by Gasteiger charge is -2.26. The minimum absolute atomic E-state index is 0.0000486. The van der Waals surface area contributed by atoms with Crippen LogP contribution >= 0.6 is 11.3 Å². The molecule has 33 heavy (non-hydrogen) atoms. The van der Waals surface area contributed by atoms with Gasteiger partial charge in [-0.25, -0.2) is 9.97 Å². The van der Waals surface area contributed by atoms with Crippen molar-refractivity contribution in [2.24, 2.45) is 0 Å². The highest BCUT2D eigenvalue weighted by Crippen LogP contribution is 2.36. The van der Waals surface area contributed by atoms with E-state index in [9.17, 15) is 4.79 Å². The van der Waals surface area contributed by atoms with Gasteiger partial charge in [0.05, 0.1) is 12.0 Å². The maximum absolute atomic E-state index is 13.6. The molecule has 6 nitrogen and oxygen atoms in total. The van der Waals surface area contributed by atoms with Gasteiger partial charge in [0.1, 0.15) is 10.5 Å². The third kappa shape index (κ3) is 3.56. The van der Waals surface area contributed by atoms with E-state index in [0.717, 1.165) is 28.6 Å². The average molecular weight is 453 g/mol. The summed E-state index contributed by atoms with van der Waals surface area (Å²) in [5.74, 6) is 0.671. The minimum atomic E-state index is 0.0000486. The van der Waals surface area contributed by atoms with Crippen LogP contribution in [-0.4, -0.2) is 38.8 Å². The highest BCUT2D eigenvalue weighted by molar-refractivity contribution is 7.17. The number of furan rings is 1. The number of carbonyl (C=O) groups is 1. The normalized spacial score (nSPS) is 13.9. The highest BCUT2D eigenvalue weighted by atomic mass is 32.1. The smallest absolute Gasteiger partial charge is 0.266 e. The molecule has 0 atom stereocenters. The van der Waals surface area contributed by atoms with Gasteiger partial charge in [-0.2, -0.15) is 0 Å². The Morgan fingerprint density at radius 1 is 1.09 bits per heavy atom. The van der Waals surface area contributed by atoms with Crippen LogP contribution in [0.1, 0.15) is 21.7 Å². The first-order valence-corrected chi connectivity index (χ1v) is 11.6. The summed E-state index contributed by atoms with van der Waals surface area (Å²) in [5.41, 5.74) is 4.91. The van der Waals surface area contributed by atoms with Crippen molar-refractivity contribution in [3.05, 3.63) is 89.8 Å². The molecular weight excluding hydrogens is 432 g/mol. The quantitative estimate of drug-likeness (QED) is 0.370. The molecular formula is C26H20N4O2S. The number of H-pyrrole nitrogens is 1. The van der Waals surface area contributed by atoms with Crippen LogP contribution in [0, 0.1) is 0 Å². The predicted octanol–water partition coefficient (Wildman–Crippen LogP) is 5.88. The fraction of sp³-hybridized carbons (Fsp3) is 0.115. The van der Waals surface area contributed by atoms with Crippen LogP contribution in [-0.2, 0) is 0 Å². The number of hydrogen-bond donors (Lipinski definition) is 1. The zero-order valence-electron chi connectivity index (χ0n) is 17.7. The lowest BCUT2D eigenvalue weighted by atomic mass is 9.99. The van der Waals surface area contributed by atoms with Gasteiger partial charge in [-0.15, -0.1) is 11.3 Å². The maximum atomic E-state index is 13.6. The van der Waals surface area contributed by atoms with Gasteiger partial charge >= 0.3 is 0 Å². The van der Waals surface area contributed by atoms with Crippen molar-refractivity contribution in [1.82, 2.24) is 19.9 Å². The van der Waals surface area contributed by atoms with Crippen molar-refractivity contribution in [1.29, 1.82) is 0 Å². The Balaban J connectivity index is 1.31. The van der Waals surface area contributed by atoms with Crippen molar-refractivity contribution >= 4 is 33.9 Å². The molecule has 4 aromatic heterocycles. The van der Waals surface area contributed by atoms with E-state index in [-0.39, 0.29) is 5.91 Å². The van der Waals surface area contributed by atoms with E-state index in [0.29, 0.717) is 34.4 Å². The first-order valence-electron chi connectivity index (χ1n) is 10.8. The van der Waals surface area contributed by atoms with Gasteiger partial charge in [0, 0.05) is 42.0 Å². The van der Waals surface area contributed by atoms with Crippen molar-refractivity contribution in [2.45, 2.75) is 6.42 Å². The zero-order chi connectivity index (χ0) is 22.2. The molecule has 0 saturated heterocycles. The standard InChI is InChI=1S/C26H20N4O2S/c31-26(30-13-10-17(11-14-30)20-16-28-24-19(20)8-4-12-27-24)23-22(18-6-2-1-3-7-18)29-25(33-23)21-9-5-15-32-21/h1-10,12,15-16H,11,13-14H2,(H,27,28). The molecule has 162 valence electrons. The van der Waals surface area contributed by atoms with Gasteiger partial charge in [-0.3, -0.25) is 4.79 Å². The van der Waals surface area contributed by atoms with Gasteiger partial charge in [0.25, 0.3) is 5.91 Å². The summed E-state index contributed by atoms with van der Waals surface area (Å²) in [7, 11) is 0. The first kappa shape index (κ1) is 19.7. The fourth-order valence-corrected chi connectivity index (χ4v) is 5.25. The third-order valence-electron chi connectivity index (χ3n) is 5.89. The molecule has 1 amide bonds. The number of nitrogens with zero attached hydrogens (tertiary/aromatic N) is 3. The number of hydrogen-bond acceptors (Lipinski definition) is 5. The molecule has 1 aliphatic heterocycles. The maximum Gasteiger partial charge on any atom is 0.266 e. The Morgan fingerprint density at radius 2 is 2.00 bits per heavy atom. The second-order valence-corrected chi connectivity index (χ2v) is 8.87. The summed E-state index contributed by atoms with van der Waals surface area (Å²) in [6.45, 7) is 1.21. The summed E-state index contributed by atoms with van der Waals surface area (Å²) in [6.07, 6.45) is 8.35. The number of fused-ring (bicyclic) bond motifs is 1. The molecule has 1 N–H and O–H groups in total. The molecule has 0 radical (unpaired) electrons. The van der Waals surface area contributed by atoms with Crippen molar-refractivity contribution < 1.29 is 9.21 Å². The molecule has 5 heterocycles. The van der Waals surface area contributed by atoms with Crippen molar-refractivity contribution in [3.63, 3.8) is 0 Å². The monoisotopic (exact) mass is 452 g/mol. The van der Waals surface area contributed by atoms with Crippen LogP contribution < -0.4 is 0 Å². The topological polar surface area (TPSA) is 75.0 Å². The number of aromatic amines is 1. The zero-order valence-corrected chi connectivity index (χ0v) is 18.5. The second kappa shape index (κ2) is 8.18. The molecule has 1 aliphatic rings. The van der Waals surface area contributed by atoms with Gasteiger partial charge in [0.15, 0.2) is 10.8 Å². The first-order chi connectivity index (χ1) is 16.3. The van der Waals surface area contributed by atoms with E-state index in [1.54, 1.807) is 12.5 Å². The van der Waals surface area contributed by atoms with Crippen LogP contribution in [0.4, 0.5) is 0 Å². The van der Waals surface area contributed by atoms with Gasteiger partial charge in [-0.05, 0) is 36.3 Å². The number of carbonyl (C=O) groups excluding carboxylic acids is 1. The Kier molecular flexibility index (Phi) is 4.88. The summed E-state index contributed by atoms with van der Waals surface area (Å²) < 4.78 is 5.54. The van der Waals surface area contributed by atoms with E-state index in [2.05, 4.69) is 22.1 Å². The number of amides is 1. The number of pyridine rings is 1. The summed E-state index contributed by atoms with van der Waals surface area (Å²) in [4.78, 5) is 28.5. The van der Waals surface area contributed by atoms with Crippen LogP contribution in [0.5, 0.6) is 0 Å². The van der Waals surface area contributed by atoms with Gasteiger partial charge < -0.3 is 14.3 Å². The van der Waals surface area contributed by atoms with E-state index >= 15 is 0 Å². The van der Waals surface area contributed by atoms with E-state index < -0.39 is 0 Å². The van der Waals surface area contributed by atoms with E-state index in [4.69, 9.17) is 9.40 Å². The molecule has 5 aromatic rings. The Labute approximate surface area is 194 Å². The van der Waals surface area contributed by atoms with Crippen molar-refractivity contribution in [2.75, 3.05) is 13.1 Å². The number of nitrogens with one attached hydrogen (secondary N) is 1. The van der Waals surface area contributed by atoms with Crippen LogP contribution in [0.25, 0.3) is 38.6 Å². The third-order valence-corrected chi connectivity index (χ3v) is 6.95. The van der Waals surface area contributed by atoms with Crippen LogP contribution in [0.15, 0.2) is 83.7 Å². The molecule has 0 fully saturated rings. The van der Waals surface area contributed by atoms with Crippen LogP contribution in [0.3, 0.4) is 0 Å². The Morgan fingerprint density at radius 3 is 2.79 bits per heavy atom. The summed E-state index contributed by atoms with van der Waals surface area (Å²) in [5, 5.41) is 1.82. The molecule has 0 aliphatic carbocycles. The molecule has 1 aromatic carbocycles. The number of benzene rings is 1. The van der Waals surface area contributed by atoms with E-state index in [1.807, 2.05) is 59.6 Å². The number of thiazole rings is 1. The summed E-state index contributed by atoms with van der Waals surface area (Å²) >= 11 is 1.38. The highest BCUT2D eigenvalue weighted by Gasteiger charge is 2.27. The SMILES string of the molecule is O=C(c1sc(-c2ccco2)nc1-c1ccccc1)N1CC=C(c2c[nH]c3ncccc23)CC1. The second-order valence-electron chi connectivity index (χ2n) is 7.87. The molecule has 0 bridgehead atoms. The number of aromatic nitrogens is 3. The van der Waals surface area contributed by atoms with Crippen molar-refractivity contribution in [3.8, 4) is 22.0 Å². The van der Waals surface area contributed by atoms with Crippen LogP contribution in [0.2, 0.25) is 0 Å². The minimum Gasteiger partial charge on any atom is -0.462 e.